The molecule has 0 saturated carbocycles. The van der Waals surface area contributed by atoms with Gasteiger partial charge in [-0.2, -0.15) is 0 Å². The number of hydrogen-bond acceptors (Lipinski definition) is 3. The predicted molar refractivity (Wildman–Crippen MR) is 98.2 cm³/mol. The molecular formula is C21H22O4. The fraction of sp³-hybridized carbons (Fsp3) is 0.238. The Hall–Kier alpha value is -2.88. The molecule has 0 saturated heterocycles. The van der Waals surface area contributed by atoms with Crippen LogP contribution >= 0.6 is 0 Å². The largest absolute Gasteiger partial charge is 0.497 e. The third-order valence-electron chi connectivity index (χ3n) is 3.92. The highest BCUT2D eigenvalue weighted by molar-refractivity contribution is 6.12. The number of ether oxygens (including phenoxy) is 1. The number of aromatic carboxylic acids is 1. The minimum Gasteiger partial charge on any atom is -0.497 e. The lowest BCUT2D eigenvalue weighted by atomic mass is 9.95. The van der Waals surface area contributed by atoms with Gasteiger partial charge in [0.25, 0.3) is 0 Å². The number of hydrogen-bond donors (Lipinski definition) is 1. The Bertz CT molecular complexity index is 773. The molecule has 130 valence electrons. The second-order valence-corrected chi connectivity index (χ2v) is 5.76. The van der Waals surface area contributed by atoms with Gasteiger partial charge in [-0.25, -0.2) is 4.79 Å². The number of ketones is 1. The van der Waals surface area contributed by atoms with Crippen LogP contribution in [-0.2, 0) is 0 Å². The molecule has 2 rings (SSSR count). The molecule has 0 fully saturated rings. The highest BCUT2D eigenvalue weighted by Crippen LogP contribution is 2.21. The maximum Gasteiger partial charge on any atom is 0.335 e. The van der Waals surface area contributed by atoms with Crippen molar-refractivity contribution >= 4 is 17.8 Å². The van der Waals surface area contributed by atoms with E-state index in [2.05, 4.69) is 6.92 Å². The number of allylic oxidation sites excluding steroid dienone is 1. The third kappa shape index (κ3) is 5.05. The Morgan fingerprint density at radius 3 is 2.36 bits per heavy atom. The average Bonchev–Trinajstić information content (AvgIpc) is 2.65. The molecule has 0 amide bonds. The first-order chi connectivity index (χ1) is 12.0. The third-order valence-corrected chi connectivity index (χ3v) is 3.92. The Morgan fingerprint density at radius 1 is 1.08 bits per heavy atom. The van der Waals surface area contributed by atoms with Gasteiger partial charge in [0.1, 0.15) is 5.75 Å². The number of carbonyl (C=O) groups excluding carboxylic acids is 1. The molecule has 0 aliphatic rings. The van der Waals surface area contributed by atoms with Crippen LogP contribution in [0.15, 0.2) is 54.1 Å². The zero-order valence-corrected chi connectivity index (χ0v) is 14.5. The summed E-state index contributed by atoms with van der Waals surface area (Å²) in [5.41, 5.74) is 2.10. The van der Waals surface area contributed by atoms with E-state index in [9.17, 15) is 9.59 Å². The number of carboxylic acid groups (broad SMARTS) is 1. The molecule has 0 radical (unpaired) electrons. The number of rotatable bonds is 8. The molecule has 0 spiro atoms. The SMILES string of the molecule is CCCC/C(=C\c1ccc(OC)cc1)C(=O)c1cccc(C(=O)O)c1. The van der Waals surface area contributed by atoms with Crippen LogP contribution in [-0.4, -0.2) is 24.0 Å². The highest BCUT2D eigenvalue weighted by Gasteiger charge is 2.14. The zero-order valence-electron chi connectivity index (χ0n) is 14.5. The predicted octanol–water partition coefficient (Wildman–Crippen LogP) is 4.85. The topological polar surface area (TPSA) is 63.6 Å². The molecule has 2 aromatic carbocycles. The van der Waals surface area contributed by atoms with Crippen LogP contribution in [0.5, 0.6) is 5.75 Å². The lowest BCUT2D eigenvalue weighted by molar-refractivity contribution is 0.0697. The van der Waals surface area contributed by atoms with Crippen molar-refractivity contribution in [3.05, 3.63) is 70.8 Å². The molecule has 0 bridgehead atoms. The molecule has 0 heterocycles. The lowest BCUT2D eigenvalue weighted by Crippen LogP contribution is -2.06. The first kappa shape index (κ1) is 18.5. The minimum atomic E-state index is -1.04. The van der Waals surface area contributed by atoms with Crippen LogP contribution in [0.3, 0.4) is 0 Å². The maximum absolute atomic E-state index is 12.9. The van der Waals surface area contributed by atoms with Gasteiger partial charge in [-0.15, -0.1) is 0 Å². The van der Waals surface area contributed by atoms with Crippen molar-refractivity contribution in [2.75, 3.05) is 7.11 Å². The van der Waals surface area contributed by atoms with E-state index in [1.807, 2.05) is 30.3 Å². The zero-order chi connectivity index (χ0) is 18.2. The van der Waals surface area contributed by atoms with Gasteiger partial charge in [0, 0.05) is 11.1 Å². The summed E-state index contributed by atoms with van der Waals surface area (Å²) in [5.74, 6) is -0.413. The van der Waals surface area contributed by atoms with Gasteiger partial charge >= 0.3 is 5.97 Å². The normalized spacial score (nSPS) is 11.2. The summed E-state index contributed by atoms with van der Waals surface area (Å²) in [7, 11) is 1.61. The van der Waals surface area contributed by atoms with Gasteiger partial charge in [-0.1, -0.05) is 37.6 Å². The fourth-order valence-corrected chi connectivity index (χ4v) is 2.50. The molecule has 0 atom stereocenters. The van der Waals surface area contributed by atoms with Crippen LogP contribution in [0, 0.1) is 0 Å². The number of carboxylic acids is 1. The van der Waals surface area contributed by atoms with E-state index in [1.54, 1.807) is 19.2 Å². The van der Waals surface area contributed by atoms with Crippen molar-refractivity contribution in [2.24, 2.45) is 0 Å². The van der Waals surface area contributed by atoms with E-state index < -0.39 is 5.97 Å². The Morgan fingerprint density at radius 2 is 1.76 bits per heavy atom. The van der Waals surface area contributed by atoms with Gasteiger partial charge in [-0.3, -0.25) is 4.79 Å². The standard InChI is InChI=1S/C21H22O4/c1-3-4-6-16(13-15-9-11-19(25-2)12-10-15)20(22)17-7-5-8-18(14-17)21(23)24/h5,7-14H,3-4,6H2,1-2H3,(H,23,24)/b16-13+. The molecule has 4 nitrogen and oxygen atoms in total. The maximum atomic E-state index is 12.9. The summed E-state index contributed by atoms with van der Waals surface area (Å²) in [4.78, 5) is 24.0. The first-order valence-electron chi connectivity index (χ1n) is 8.27. The van der Waals surface area contributed by atoms with E-state index in [-0.39, 0.29) is 11.3 Å². The first-order valence-corrected chi connectivity index (χ1v) is 8.27. The van der Waals surface area contributed by atoms with E-state index in [0.29, 0.717) is 17.6 Å². The Balaban J connectivity index is 2.34. The van der Waals surface area contributed by atoms with E-state index in [0.717, 1.165) is 24.2 Å². The lowest BCUT2D eigenvalue weighted by Gasteiger charge is -2.08. The van der Waals surface area contributed by atoms with Crippen molar-refractivity contribution in [3.8, 4) is 5.75 Å². The van der Waals surface area contributed by atoms with Crippen LogP contribution in [0.1, 0.15) is 52.5 Å². The van der Waals surface area contributed by atoms with Crippen LogP contribution in [0.2, 0.25) is 0 Å². The number of benzene rings is 2. The summed E-state index contributed by atoms with van der Waals surface area (Å²) in [6.45, 7) is 2.07. The monoisotopic (exact) mass is 338 g/mol. The molecule has 0 unspecified atom stereocenters. The van der Waals surface area contributed by atoms with E-state index in [4.69, 9.17) is 9.84 Å². The van der Waals surface area contributed by atoms with Crippen LogP contribution in [0.4, 0.5) is 0 Å². The highest BCUT2D eigenvalue weighted by atomic mass is 16.5. The molecule has 1 N–H and O–H groups in total. The van der Waals surface area contributed by atoms with Crippen molar-refractivity contribution in [1.29, 1.82) is 0 Å². The molecule has 2 aromatic rings. The van der Waals surface area contributed by atoms with Gasteiger partial charge in [0.05, 0.1) is 12.7 Å². The van der Waals surface area contributed by atoms with Crippen LogP contribution < -0.4 is 4.74 Å². The number of unbranched alkanes of at least 4 members (excludes halogenated alkanes) is 1. The fourth-order valence-electron chi connectivity index (χ4n) is 2.50. The average molecular weight is 338 g/mol. The molecule has 0 aliphatic carbocycles. The van der Waals surface area contributed by atoms with E-state index in [1.165, 1.54) is 12.1 Å². The van der Waals surface area contributed by atoms with Crippen molar-refractivity contribution < 1.29 is 19.4 Å². The minimum absolute atomic E-state index is 0.116. The molecular weight excluding hydrogens is 316 g/mol. The summed E-state index contributed by atoms with van der Waals surface area (Å²) in [6, 6.07) is 13.6. The van der Waals surface area contributed by atoms with Gasteiger partial charge < -0.3 is 9.84 Å². The molecule has 0 aliphatic heterocycles. The van der Waals surface area contributed by atoms with Gasteiger partial charge in [-0.05, 0) is 48.7 Å². The van der Waals surface area contributed by atoms with Crippen molar-refractivity contribution in [2.45, 2.75) is 26.2 Å². The Labute approximate surface area is 147 Å². The molecule has 4 heteroatoms. The molecule has 0 aromatic heterocycles. The van der Waals surface area contributed by atoms with Crippen LogP contribution in [0.25, 0.3) is 6.08 Å². The summed E-state index contributed by atoms with van der Waals surface area (Å²) < 4.78 is 5.15. The second kappa shape index (κ2) is 8.83. The quantitative estimate of drug-likeness (QED) is 0.552. The number of carbonyl (C=O) groups is 2. The van der Waals surface area contributed by atoms with Gasteiger partial charge in [0.2, 0.25) is 0 Å². The summed E-state index contributed by atoms with van der Waals surface area (Å²) in [5, 5.41) is 9.12. The second-order valence-electron chi connectivity index (χ2n) is 5.76. The summed E-state index contributed by atoms with van der Waals surface area (Å²) >= 11 is 0. The van der Waals surface area contributed by atoms with E-state index >= 15 is 0 Å². The van der Waals surface area contributed by atoms with Crippen molar-refractivity contribution in [1.82, 2.24) is 0 Å². The van der Waals surface area contributed by atoms with Crippen molar-refractivity contribution in [3.63, 3.8) is 0 Å². The Kier molecular flexibility index (Phi) is 6.52. The smallest absolute Gasteiger partial charge is 0.335 e. The summed E-state index contributed by atoms with van der Waals surface area (Å²) in [6.07, 6.45) is 4.39. The molecule has 25 heavy (non-hydrogen) atoms. The number of methoxy groups -OCH3 is 1. The number of Topliss-reactive ketones (excluding diaryl/α,β-unsaturated/α-hetero) is 1. The van der Waals surface area contributed by atoms with Gasteiger partial charge in [0.15, 0.2) is 5.78 Å².